The van der Waals surface area contributed by atoms with Crippen molar-refractivity contribution >= 4 is 5.96 Å². The zero-order chi connectivity index (χ0) is 22.3. The first-order valence-corrected chi connectivity index (χ1v) is 11.4. The summed E-state index contributed by atoms with van der Waals surface area (Å²) in [7, 11) is 3.93. The van der Waals surface area contributed by atoms with Gasteiger partial charge in [-0.05, 0) is 74.7 Å². The number of fused-ring (bicyclic) bond motifs is 1. The van der Waals surface area contributed by atoms with Gasteiger partial charge in [-0.1, -0.05) is 18.2 Å². The predicted molar refractivity (Wildman–Crippen MR) is 126 cm³/mol. The van der Waals surface area contributed by atoms with Crippen molar-refractivity contribution in [2.45, 2.75) is 32.4 Å². The second-order valence-electron chi connectivity index (χ2n) is 8.36. The molecule has 1 fully saturated rings. The SMILES string of the molecule is CCNC(=NCc1ccc2c(c1)OCO2)NCC1CCCN(C)C1c1ccc(OC)cc1. The van der Waals surface area contributed by atoms with Crippen LogP contribution in [0, 0.1) is 5.92 Å². The minimum absolute atomic E-state index is 0.289. The van der Waals surface area contributed by atoms with Crippen molar-refractivity contribution in [3.63, 3.8) is 0 Å². The summed E-state index contributed by atoms with van der Waals surface area (Å²) in [6.45, 7) is 5.77. The topological polar surface area (TPSA) is 67.4 Å². The Balaban J connectivity index is 1.42. The van der Waals surface area contributed by atoms with E-state index in [2.05, 4.69) is 53.8 Å². The van der Waals surface area contributed by atoms with E-state index in [0.717, 1.165) is 48.4 Å². The number of benzene rings is 2. The lowest BCUT2D eigenvalue weighted by Crippen LogP contribution is -2.45. The van der Waals surface area contributed by atoms with Gasteiger partial charge < -0.3 is 24.8 Å². The summed E-state index contributed by atoms with van der Waals surface area (Å²) < 4.78 is 16.2. The van der Waals surface area contributed by atoms with E-state index in [0.29, 0.717) is 18.5 Å². The molecule has 2 aromatic carbocycles. The summed E-state index contributed by atoms with van der Waals surface area (Å²) in [5.74, 6) is 3.83. The molecule has 2 unspecified atom stereocenters. The first-order chi connectivity index (χ1) is 15.7. The van der Waals surface area contributed by atoms with Gasteiger partial charge in [0.25, 0.3) is 0 Å². The average molecular weight is 439 g/mol. The van der Waals surface area contributed by atoms with Crippen LogP contribution in [0.5, 0.6) is 17.2 Å². The molecule has 0 bridgehead atoms. The normalized spacial score (nSPS) is 20.8. The molecule has 0 aromatic heterocycles. The highest BCUT2D eigenvalue weighted by Gasteiger charge is 2.30. The van der Waals surface area contributed by atoms with Crippen LogP contribution in [-0.4, -0.2) is 51.4 Å². The molecule has 7 nitrogen and oxygen atoms in total. The Morgan fingerprint density at radius 2 is 1.94 bits per heavy atom. The van der Waals surface area contributed by atoms with Crippen molar-refractivity contribution in [1.82, 2.24) is 15.5 Å². The second kappa shape index (κ2) is 10.6. The third-order valence-electron chi connectivity index (χ3n) is 6.20. The molecule has 2 aliphatic heterocycles. The molecule has 4 rings (SSSR count). The lowest BCUT2D eigenvalue weighted by atomic mass is 9.85. The maximum absolute atomic E-state index is 5.48. The van der Waals surface area contributed by atoms with Gasteiger partial charge in [-0.3, -0.25) is 4.90 Å². The van der Waals surface area contributed by atoms with Crippen LogP contribution in [0.2, 0.25) is 0 Å². The minimum Gasteiger partial charge on any atom is -0.497 e. The molecule has 2 aliphatic rings. The van der Waals surface area contributed by atoms with E-state index in [-0.39, 0.29) is 6.79 Å². The highest BCUT2D eigenvalue weighted by Crippen LogP contribution is 2.35. The van der Waals surface area contributed by atoms with Crippen molar-refractivity contribution < 1.29 is 14.2 Å². The molecule has 2 atom stereocenters. The van der Waals surface area contributed by atoms with E-state index >= 15 is 0 Å². The van der Waals surface area contributed by atoms with E-state index in [9.17, 15) is 0 Å². The van der Waals surface area contributed by atoms with E-state index in [1.807, 2.05) is 18.2 Å². The molecule has 0 spiro atoms. The Kier molecular flexibility index (Phi) is 7.37. The monoisotopic (exact) mass is 438 g/mol. The van der Waals surface area contributed by atoms with Crippen LogP contribution in [0.15, 0.2) is 47.5 Å². The number of aliphatic imine (C=N–C) groups is 1. The number of likely N-dealkylation sites (tertiary alicyclic amines) is 1. The number of piperidine rings is 1. The number of methoxy groups -OCH3 is 1. The number of guanidine groups is 1. The van der Waals surface area contributed by atoms with Gasteiger partial charge in [0.05, 0.1) is 13.7 Å². The van der Waals surface area contributed by atoms with Gasteiger partial charge in [-0.2, -0.15) is 0 Å². The maximum Gasteiger partial charge on any atom is 0.231 e. The number of nitrogens with zero attached hydrogens (tertiary/aromatic N) is 2. The number of hydrogen-bond acceptors (Lipinski definition) is 5. The molecule has 0 saturated carbocycles. The van der Waals surface area contributed by atoms with Gasteiger partial charge in [-0.25, -0.2) is 4.99 Å². The Morgan fingerprint density at radius 1 is 1.12 bits per heavy atom. The summed E-state index contributed by atoms with van der Waals surface area (Å²) in [6.07, 6.45) is 2.40. The van der Waals surface area contributed by atoms with Gasteiger partial charge in [0, 0.05) is 19.1 Å². The highest BCUT2D eigenvalue weighted by atomic mass is 16.7. The Morgan fingerprint density at radius 3 is 2.72 bits per heavy atom. The molecule has 172 valence electrons. The van der Waals surface area contributed by atoms with Crippen molar-refractivity contribution in [3.8, 4) is 17.2 Å². The third-order valence-corrected chi connectivity index (χ3v) is 6.20. The average Bonchev–Trinajstić information content (AvgIpc) is 3.29. The van der Waals surface area contributed by atoms with Gasteiger partial charge in [0.1, 0.15) is 5.75 Å². The largest absolute Gasteiger partial charge is 0.497 e. The Hall–Kier alpha value is -2.93. The molecule has 0 amide bonds. The summed E-state index contributed by atoms with van der Waals surface area (Å²) in [4.78, 5) is 7.27. The highest BCUT2D eigenvalue weighted by molar-refractivity contribution is 5.79. The van der Waals surface area contributed by atoms with Crippen LogP contribution >= 0.6 is 0 Å². The standard InChI is InChI=1S/C25H34N4O3/c1-4-26-25(27-15-18-7-12-22-23(14-18)32-17-31-22)28-16-20-6-5-13-29(2)24(20)19-8-10-21(30-3)11-9-19/h7-12,14,20,24H,4-6,13,15-17H2,1-3H3,(H2,26,27,28). The predicted octanol–water partition coefficient (Wildman–Crippen LogP) is 3.56. The van der Waals surface area contributed by atoms with Crippen molar-refractivity contribution in [2.24, 2.45) is 10.9 Å². The van der Waals surface area contributed by atoms with Crippen LogP contribution < -0.4 is 24.8 Å². The van der Waals surface area contributed by atoms with E-state index in [1.165, 1.54) is 18.4 Å². The van der Waals surface area contributed by atoms with Crippen LogP contribution in [-0.2, 0) is 6.54 Å². The van der Waals surface area contributed by atoms with Crippen LogP contribution in [0.1, 0.15) is 36.9 Å². The molecular formula is C25H34N4O3. The first-order valence-electron chi connectivity index (χ1n) is 11.4. The number of ether oxygens (including phenoxy) is 3. The summed E-state index contributed by atoms with van der Waals surface area (Å²) in [5, 5.41) is 6.97. The molecule has 2 N–H and O–H groups in total. The maximum atomic E-state index is 5.48. The first kappa shape index (κ1) is 22.3. The summed E-state index contributed by atoms with van der Waals surface area (Å²) >= 11 is 0. The molecule has 0 radical (unpaired) electrons. The number of rotatable bonds is 7. The van der Waals surface area contributed by atoms with E-state index < -0.39 is 0 Å². The quantitative estimate of drug-likeness (QED) is 0.509. The van der Waals surface area contributed by atoms with E-state index in [4.69, 9.17) is 19.2 Å². The van der Waals surface area contributed by atoms with Gasteiger partial charge in [0.15, 0.2) is 17.5 Å². The molecule has 2 heterocycles. The summed E-state index contributed by atoms with van der Waals surface area (Å²) in [6, 6.07) is 14.9. The number of hydrogen-bond donors (Lipinski definition) is 2. The zero-order valence-electron chi connectivity index (χ0n) is 19.3. The summed E-state index contributed by atoms with van der Waals surface area (Å²) in [5.41, 5.74) is 2.43. The van der Waals surface area contributed by atoms with Crippen LogP contribution in [0.3, 0.4) is 0 Å². The molecule has 7 heteroatoms. The van der Waals surface area contributed by atoms with Gasteiger partial charge in [0.2, 0.25) is 6.79 Å². The van der Waals surface area contributed by atoms with E-state index in [1.54, 1.807) is 7.11 Å². The Labute approximate surface area is 190 Å². The lowest BCUT2D eigenvalue weighted by Gasteiger charge is -2.40. The molecule has 0 aliphatic carbocycles. The fraction of sp³-hybridized carbons (Fsp3) is 0.480. The van der Waals surface area contributed by atoms with Crippen molar-refractivity contribution in [1.29, 1.82) is 0 Å². The molecule has 2 aromatic rings. The van der Waals surface area contributed by atoms with Crippen LogP contribution in [0.4, 0.5) is 0 Å². The van der Waals surface area contributed by atoms with Gasteiger partial charge in [-0.15, -0.1) is 0 Å². The zero-order valence-corrected chi connectivity index (χ0v) is 19.3. The lowest BCUT2D eigenvalue weighted by molar-refractivity contribution is 0.122. The molecule has 32 heavy (non-hydrogen) atoms. The van der Waals surface area contributed by atoms with Crippen molar-refractivity contribution in [2.75, 3.05) is 40.6 Å². The fourth-order valence-electron chi connectivity index (χ4n) is 4.58. The minimum atomic E-state index is 0.289. The molecule has 1 saturated heterocycles. The van der Waals surface area contributed by atoms with Crippen molar-refractivity contribution in [3.05, 3.63) is 53.6 Å². The molecular weight excluding hydrogens is 404 g/mol. The number of nitrogens with one attached hydrogen (secondary N) is 2. The third kappa shape index (κ3) is 5.27. The second-order valence-corrected chi connectivity index (χ2v) is 8.36. The Bertz CT molecular complexity index is 916. The van der Waals surface area contributed by atoms with Gasteiger partial charge >= 0.3 is 0 Å². The fourth-order valence-corrected chi connectivity index (χ4v) is 4.58. The smallest absolute Gasteiger partial charge is 0.231 e. The van der Waals surface area contributed by atoms with Crippen LogP contribution in [0.25, 0.3) is 0 Å².